The molecule has 1 atom stereocenters. The van der Waals surface area contributed by atoms with Gasteiger partial charge in [0.2, 0.25) is 0 Å². The Balaban J connectivity index is 1.90. The van der Waals surface area contributed by atoms with Crippen molar-refractivity contribution in [3.63, 3.8) is 0 Å². The maximum absolute atomic E-state index is 14.4. The first-order chi connectivity index (χ1) is 10.1. The monoisotopic (exact) mass is 366 g/mol. The van der Waals surface area contributed by atoms with Crippen LogP contribution >= 0.6 is 28.1 Å². The first-order valence-electron chi connectivity index (χ1n) is 6.34. The van der Waals surface area contributed by atoms with Gasteiger partial charge >= 0.3 is 0 Å². The van der Waals surface area contributed by atoms with Gasteiger partial charge in [0, 0.05) is 11.1 Å². The van der Waals surface area contributed by atoms with Crippen molar-refractivity contribution in [2.75, 3.05) is 11.9 Å². The van der Waals surface area contributed by atoms with Gasteiger partial charge in [0.05, 0.1) is 16.2 Å². The highest BCUT2D eigenvalue weighted by molar-refractivity contribution is 9.10. The summed E-state index contributed by atoms with van der Waals surface area (Å²) in [7, 11) is 0. The normalized spacial score (nSPS) is 16.2. The van der Waals surface area contributed by atoms with Gasteiger partial charge in [0.15, 0.2) is 5.82 Å². The summed E-state index contributed by atoms with van der Waals surface area (Å²) in [6.45, 7) is 0.466. The van der Waals surface area contributed by atoms with Crippen molar-refractivity contribution in [2.45, 2.75) is 6.04 Å². The minimum Gasteiger partial charge on any atom is -0.491 e. The number of fused-ring (bicyclic) bond motifs is 1. The van der Waals surface area contributed by atoms with Gasteiger partial charge in [-0.15, -0.1) is 0 Å². The van der Waals surface area contributed by atoms with Crippen LogP contribution in [0.1, 0.15) is 17.2 Å². The molecule has 21 heavy (non-hydrogen) atoms. The highest BCUT2D eigenvalue weighted by Crippen LogP contribution is 2.36. The molecule has 3 rings (SSSR count). The number of halogens is 2. The molecule has 0 radical (unpaired) electrons. The third-order valence-electron chi connectivity index (χ3n) is 3.38. The Bertz CT molecular complexity index is 723. The standard InChI is InChI=1S/C15H12BrFN2OS/c16-13-9(15(18)21)5-6-10(14(13)17)19-11-7-20-12-4-2-1-3-8(11)12/h1-6,11,19H,7H2,(H2,18,21). The highest BCUT2D eigenvalue weighted by atomic mass is 79.9. The van der Waals surface area contributed by atoms with Crippen LogP contribution in [0.15, 0.2) is 40.9 Å². The van der Waals surface area contributed by atoms with Crippen LogP contribution in [0, 0.1) is 5.82 Å². The van der Waals surface area contributed by atoms with E-state index in [0.717, 1.165) is 11.3 Å². The van der Waals surface area contributed by atoms with E-state index in [0.29, 0.717) is 17.9 Å². The molecule has 2 aromatic rings. The molecular weight excluding hydrogens is 355 g/mol. The van der Waals surface area contributed by atoms with E-state index in [1.54, 1.807) is 12.1 Å². The summed E-state index contributed by atoms with van der Waals surface area (Å²) in [4.78, 5) is 0.155. The predicted molar refractivity (Wildman–Crippen MR) is 88.3 cm³/mol. The summed E-state index contributed by atoms with van der Waals surface area (Å²) in [5.41, 5.74) is 7.44. The molecule has 3 N–H and O–H groups in total. The van der Waals surface area contributed by atoms with E-state index in [-0.39, 0.29) is 15.5 Å². The molecule has 0 aromatic heterocycles. The average molecular weight is 367 g/mol. The molecule has 0 aliphatic carbocycles. The summed E-state index contributed by atoms with van der Waals surface area (Å²) in [6, 6.07) is 11.0. The van der Waals surface area contributed by atoms with Crippen LogP contribution in [-0.2, 0) is 0 Å². The topological polar surface area (TPSA) is 47.3 Å². The number of hydrogen-bond acceptors (Lipinski definition) is 3. The number of ether oxygens (including phenoxy) is 1. The predicted octanol–water partition coefficient (Wildman–Crippen LogP) is 3.77. The minimum absolute atomic E-state index is 0.0849. The second-order valence-corrected chi connectivity index (χ2v) is 5.93. The van der Waals surface area contributed by atoms with Gasteiger partial charge < -0.3 is 15.8 Å². The van der Waals surface area contributed by atoms with Crippen molar-refractivity contribution in [2.24, 2.45) is 5.73 Å². The number of nitrogens with two attached hydrogens (primary N) is 1. The molecule has 0 amide bonds. The second kappa shape index (κ2) is 5.61. The van der Waals surface area contributed by atoms with Crippen molar-refractivity contribution in [3.05, 3.63) is 57.8 Å². The fraction of sp³-hybridized carbons (Fsp3) is 0.133. The van der Waals surface area contributed by atoms with Gasteiger partial charge in [-0.2, -0.15) is 0 Å². The summed E-state index contributed by atoms with van der Waals surface area (Å²) in [6.07, 6.45) is 0. The number of thiocarbonyl (C=S) groups is 1. The summed E-state index contributed by atoms with van der Waals surface area (Å²) in [5, 5.41) is 3.16. The van der Waals surface area contributed by atoms with Crippen molar-refractivity contribution >= 4 is 38.8 Å². The number of nitrogens with one attached hydrogen (secondary N) is 1. The minimum atomic E-state index is -0.412. The molecule has 0 spiro atoms. The van der Waals surface area contributed by atoms with Crippen LogP contribution in [0.4, 0.5) is 10.1 Å². The molecule has 1 aliphatic rings. The molecule has 0 fully saturated rings. The Morgan fingerprint density at radius 3 is 2.86 bits per heavy atom. The van der Waals surface area contributed by atoms with Crippen molar-refractivity contribution in [3.8, 4) is 5.75 Å². The zero-order valence-electron chi connectivity index (χ0n) is 10.9. The van der Waals surface area contributed by atoms with Gasteiger partial charge in [-0.25, -0.2) is 4.39 Å². The maximum Gasteiger partial charge on any atom is 0.161 e. The highest BCUT2D eigenvalue weighted by Gasteiger charge is 2.25. The lowest BCUT2D eigenvalue weighted by Gasteiger charge is -2.15. The lowest BCUT2D eigenvalue weighted by atomic mass is 10.1. The fourth-order valence-corrected chi connectivity index (χ4v) is 3.18. The van der Waals surface area contributed by atoms with Crippen LogP contribution in [0.3, 0.4) is 0 Å². The van der Waals surface area contributed by atoms with E-state index in [2.05, 4.69) is 21.2 Å². The maximum atomic E-state index is 14.4. The molecule has 6 heteroatoms. The molecule has 108 valence electrons. The number of anilines is 1. The lowest BCUT2D eigenvalue weighted by molar-refractivity contribution is 0.339. The molecule has 0 bridgehead atoms. The average Bonchev–Trinajstić information content (AvgIpc) is 2.87. The summed E-state index contributed by atoms with van der Waals surface area (Å²) >= 11 is 8.09. The van der Waals surface area contributed by atoms with E-state index < -0.39 is 5.82 Å². The fourth-order valence-electron chi connectivity index (χ4n) is 2.32. The number of para-hydroxylation sites is 1. The van der Waals surface area contributed by atoms with E-state index >= 15 is 0 Å². The SMILES string of the molecule is NC(=S)c1ccc(NC2COc3ccccc32)c(F)c1Br. The Hall–Kier alpha value is -1.66. The zero-order chi connectivity index (χ0) is 15.0. The molecule has 1 aliphatic heterocycles. The largest absolute Gasteiger partial charge is 0.491 e. The zero-order valence-corrected chi connectivity index (χ0v) is 13.3. The van der Waals surface area contributed by atoms with Gasteiger partial charge in [-0.3, -0.25) is 0 Å². The Morgan fingerprint density at radius 2 is 2.10 bits per heavy atom. The first-order valence-corrected chi connectivity index (χ1v) is 7.54. The Kier molecular flexibility index (Phi) is 3.82. The third kappa shape index (κ3) is 2.61. The van der Waals surface area contributed by atoms with Gasteiger partial charge in [-0.05, 0) is 34.1 Å². The molecule has 0 saturated carbocycles. The smallest absolute Gasteiger partial charge is 0.161 e. The first kappa shape index (κ1) is 14.3. The molecule has 3 nitrogen and oxygen atoms in total. The van der Waals surface area contributed by atoms with Gasteiger partial charge in [-0.1, -0.05) is 30.4 Å². The van der Waals surface area contributed by atoms with Crippen LogP contribution < -0.4 is 15.8 Å². The van der Waals surface area contributed by atoms with E-state index in [9.17, 15) is 4.39 Å². The lowest BCUT2D eigenvalue weighted by Crippen LogP contribution is -2.15. The van der Waals surface area contributed by atoms with Crippen LogP contribution in [0.5, 0.6) is 5.75 Å². The van der Waals surface area contributed by atoms with Crippen molar-refractivity contribution in [1.82, 2.24) is 0 Å². The van der Waals surface area contributed by atoms with E-state index in [1.807, 2.05) is 24.3 Å². The van der Waals surface area contributed by atoms with Crippen molar-refractivity contribution in [1.29, 1.82) is 0 Å². The van der Waals surface area contributed by atoms with E-state index in [1.165, 1.54) is 0 Å². The number of rotatable bonds is 3. The molecular formula is C15H12BrFN2OS. The van der Waals surface area contributed by atoms with Crippen LogP contribution in [0.2, 0.25) is 0 Å². The molecule has 0 saturated heterocycles. The third-order valence-corrected chi connectivity index (χ3v) is 4.37. The summed E-state index contributed by atoms with van der Waals surface area (Å²) < 4.78 is 20.2. The number of benzene rings is 2. The number of hydrogen-bond donors (Lipinski definition) is 2. The molecule has 1 heterocycles. The molecule has 1 unspecified atom stereocenters. The second-order valence-electron chi connectivity index (χ2n) is 4.70. The Morgan fingerprint density at radius 1 is 1.33 bits per heavy atom. The quantitative estimate of drug-likeness (QED) is 0.811. The van der Waals surface area contributed by atoms with Crippen LogP contribution in [-0.4, -0.2) is 11.6 Å². The van der Waals surface area contributed by atoms with Crippen LogP contribution in [0.25, 0.3) is 0 Å². The van der Waals surface area contributed by atoms with Crippen molar-refractivity contribution < 1.29 is 9.13 Å². The van der Waals surface area contributed by atoms with Gasteiger partial charge in [0.1, 0.15) is 17.3 Å². The van der Waals surface area contributed by atoms with Gasteiger partial charge in [0.25, 0.3) is 0 Å². The Labute approximate surface area is 135 Å². The summed E-state index contributed by atoms with van der Waals surface area (Å²) in [5.74, 6) is 0.416. The molecule has 2 aromatic carbocycles. The van der Waals surface area contributed by atoms with E-state index in [4.69, 9.17) is 22.7 Å².